The molecule has 7 rings (SSSR count). The molecule has 0 amide bonds. The first-order valence-corrected chi connectivity index (χ1v) is 18.5. The van der Waals surface area contributed by atoms with Crippen molar-refractivity contribution in [3.05, 3.63) is 73.6 Å². The molecule has 53 heavy (non-hydrogen) atoms. The molecule has 2 aromatic carbocycles. The fourth-order valence-corrected chi connectivity index (χ4v) is 8.14. The van der Waals surface area contributed by atoms with Gasteiger partial charge in [0.1, 0.15) is 35.4 Å². The molecular formula is C41H47NO11. The van der Waals surface area contributed by atoms with Gasteiger partial charge in [-0.2, -0.15) is 0 Å². The molecule has 3 aliphatic heterocycles. The van der Waals surface area contributed by atoms with E-state index in [1.807, 2.05) is 53.6 Å². The Morgan fingerprint density at radius 1 is 0.906 bits per heavy atom. The van der Waals surface area contributed by atoms with E-state index in [-0.39, 0.29) is 87.3 Å². The maximum atomic E-state index is 15.0. The molecule has 12 heteroatoms. The molecule has 0 spiro atoms. The summed E-state index contributed by atoms with van der Waals surface area (Å²) >= 11 is 0. The molecule has 1 aromatic heterocycles. The summed E-state index contributed by atoms with van der Waals surface area (Å²) in [6, 6.07) is 6.15. The largest absolute Gasteiger partial charge is 0.458 e. The number of rotatable bonds is 10. The smallest absolute Gasteiger partial charge is 0.311 e. The van der Waals surface area contributed by atoms with E-state index in [1.165, 1.54) is 6.07 Å². The number of nitrogens with zero attached hydrogens (tertiary/aromatic N) is 1. The van der Waals surface area contributed by atoms with E-state index in [2.05, 4.69) is 0 Å². The Morgan fingerprint density at radius 3 is 2.23 bits per heavy atom. The molecule has 1 aliphatic carbocycles. The van der Waals surface area contributed by atoms with Crippen molar-refractivity contribution in [2.24, 2.45) is 0 Å². The van der Waals surface area contributed by atoms with Crippen LogP contribution in [0, 0.1) is 6.92 Å². The van der Waals surface area contributed by atoms with Crippen molar-refractivity contribution in [3.8, 4) is 5.75 Å². The molecule has 0 saturated carbocycles. The number of hydrogen-bond donors (Lipinski definition) is 0. The van der Waals surface area contributed by atoms with Gasteiger partial charge in [-0.15, -0.1) is 0 Å². The van der Waals surface area contributed by atoms with Crippen molar-refractivity contribution in [2.75, 3.05) is 14.1 Å². The van der Waals surface area contributed by atoms with Gasteiger partial charge in [0.2, 0.25) is 5.78 Å². The van der Waals surface area contributed by atoms with Crippen molar-refractivity contribution in [3.63, 3.8) is 0 Å². The third-order valence-electron chi connectivity index (χ3n) is 11.5. The Hall–Kier alpha value is -4.23. The number of benzene rings is 2. The lowest BCUT2D eigenvalue weighted by Crippen LogP contribution is -2.61. The predicted octanol–water partition coefficient (Wildman–Crippen LogP) is 5.87. The summed E-state index contributed by atoms with van der Waals surface area (Å²) in [5, 5.41) is 0.171. The summed E-state index contributed by atoms with van der Waals surface area (Å²) in [7, 11) is 3.79. The van der Waals surface area contributed by atoms with Crippen LogP contribution in [-0.4, -0.2) is 78.6 Å². The molecule has 0 radical (unpaired) electrons. The van der Waals surface area contributed by atoms with Crippen LogP contribution in [0.1, 0.15) is 128 Å². The Balaban J connectivity index is 1.37. The van der Waals surface area contributed by atoms with E-state index in [0.29, 0.717) is 30.4 Å². The topological polar surface area (TPSA) is 154 Å². The minimum atomic E-state index is -0.954. The Labute approximate surface area is 308 Å². The van der Waals surface area contributed by atoms with Crippen LogP contribution in [0.25, 0.3) is 11.0 Å². The van der Waals surface area contributed by atoms with Crippen LogP contribution in [0.5, 0.6) is 5.75 Å². The predicted molar refractivity (Wildman–Crippen MR) is 192 cm³/mol. The highest BCUT2D eigenvalue weighted by Crippen LogP contribution is 2.53. The average molecular weight is 730 g/mol. The molecule has 8 atom stereocenters. The number of esters is 2. The third-order valence-corrected chi connectivity index (χ3v) is 11.5. The lowest BCUT2D eigenvalue weighted by molar-refractivity contribution is -0.202. The second kappa shape index (κ2) is 13.3. The van der Waals surface area contributed by atoms with Gasteiger partial charge in [0, 0.05) is 35.6 Å². The molecule has 8 unspecified atom stereocenters. The van der Waals surface area contributed by atoms with Crippen molar-refractivity contribution in [1.82, 2.24) is 4.90 Å². The maximum Gasteiger partial charge on any atom is 0.311 e. The minimum absolute atomic E-state index is 0.0106. The number of carbonyl (C=O) groups excluding carboxylic acids is 4. The summed E-state index contributed by atoms with van der Waals surface area (Å²) in [4.78, 5) is 71.0. The van der Waals surface area contributed by atoms with Crippen molar-refractivity contribution < 1.29 is 47.3 Å². The molecule has 0 bridgehead atoms. The summed E-state index contributed by atoms with van der Waals surface area (Å²) in [6.07, 6.45) is -0.629. The zero-order chi connectivity index (χ0) is 38.3. The van der Waals surface area contributed by atoms with Gasteiger partial charge >= 0.3 is 11.9 Å². The molecule has 3 fully saturated rings. The number of fused-ring (bicyclic) bond motifs is 4. The SMILES string of the molecule is CCCC(=O)Oc1c(C2CC(C)(N(C)C)C(OC(=O)CCC)C(C)O2)ccc2c1C(=O)c1c(cc(C)c3c(=O)cc(C4(C)OC4C4OC4C)oc13)C2=O. The molecule has 282 valence electrons. The number of ketones is 2. The Bertz CT molecular complexity index is 2120. The minimum Gasteiger partial charge on any atom is -0.458 e. The molecule has 3 saturated heterocycles. The van der Waals surface area contributed by atoms with E-state index in [0.717, 1.165) is 0 Å². The van der Waals surface area contributed by atoms with Gasteiger partial charge in [-0.25, -0.2) is 0 Å². The first kappa shape index (κ1) is 37.1. The second-order valence-electron chi connectivity index (χ2n) is 15.5. The highest BCUT2D eigenvalue weighted by Gasteiger charge is 2.66. The molecule has 12 nitrogen and oxygen atoms in total. The van der Waals surface area contributed by atoms with E-state index in [9.17, 15) is 24.0 Å². The zero-order valence-corrected chi connectivity index (χ0v) is 31.7. The van der Waals surface area contributed by atoms with E-state index in [1.54, 1.807) is 32.0 Å². The van der Waals surface area contributed by atoms with Crippen LogP contribution >= 0.6 is 0 Å². The quantitative estimate of drug-likeness (QED) is 0.109. The first-order chi connectivity index (χ1) is 25.0. The third kappa shape index (κ3) is 6.04. The standard InChI is InChI=1S/C41H47NO11/c1-10-12-28(44)51-36-22(26-18-40(6,42(8)9)38(21(5)48-26)52-29(45)13-11-2)14-15-23-31(36)34(47)32-24(33(23)46)16-19(3)30-25(43)17-27(50-37(30)32)41(7)39(53-41)35-20(4)49-35/h14-17,20-21,26,35,38-39H,10-13,18H2,1-9H3. The summed E-state index contributed by atoms with van der Waals surface area (Å²) < 4.78 is 36.6. The lowest BCUT2D eigenvalue weighted by atomic mass is 9.77. The zero-order valence-electron chi connectivity index (χ0n) is 31.7. The van der Waals surface area contributed by atoms with Crippen LogP contribution in [0.3, 0.4) is 0 Å². The van der Waals surface area contributed by atoms with Crippen LogP contribution in [0.2, 0.25) is 0 Å². The van der Waals surface area contributed by atoms with Crippen molar-refractivity contribution in [2.45, 2.75) is 128 Å². The number of hydrogen-bond acceptors (Lipinski definition) is 12. The Kier molecular flexibility index (Phi) is 9.28. The molecule has 4 aliphatic rings. The highest BCUT2D eigenvalue weighted by atomic mass is 16.7. The number of carbonyl (C=O) groups is 4. The van der Waals surface area contributed by atoms with Gasteiger partial charge < -0.3 is 33.0 Å². The molecule has 3 aromatic rings. The van der Waals surface area contributed by atoms with Crippen molar-refractivity contribution in [1.29, 1.82) is 0 Å². The normalized spacial score (nSPS) is 30.2. The molecule has 4 heterocycles. The first-order valence-electron chi connectivity index (χ1n) is 18.5. The van der Waals surface area contributed by atoms with E-state index < -0.39 is 47.0 Å². The number of likely N-dealkylation sites (N-methyl/N-ethyl adjacent to an activating group) is 1. The van der Waals surface area contributed by atoms with Crippen LogP contribution in [0.15, 0.2) is 33.5 Å². The van der Waals surface area contributed by atoms with Crippen LogP contribution in [0.4, 0.5) is 0 Å². The van der Waals surface area contributed by atoms with Gasteiger partial charge in [-0.1, -0.05) is 19.9 Å². The van der Waals surface area contributed by atoms with Gasteiger partial charge in [0.05, 0.1) is 40.4 Å². The van der Waals surface area contributed by atoms with Crippen LogP contribution in [-0.2, 0) is 34.1 Å². The van der Waals surface area contributed by atoms with E-state index >= 15 is 0 Å². The van der Waals surface area contributed by atoms with Gasteiger partial charge in [0.15, 0.2) is 16.8 Å². The van der Waals surface area contributed by atoms with Gasteiger partial charge in [0.25, 0.3) is 0 Å². The monoisotopic (exact) mass is 729 g/mol. The van der Waals surface area contributed by atoms with E-state index in [4.69, 9.17) is 28.1 Å². The fraction of sp³-hybridized carbons (Fsp3) is 0.537. The number of epoxide rings is 2. The number of aryl methyl sites for hydroxylation is 1. The maximum absolute atomic E-state index is 15.0. The average Bonchev–Trinajstić information content (AvgIpc) is 4.00. The Morgan fingerprint density at radius 2 is 1.58 bits per heavy atom. The second-order valence-corrected chi connectivity index (χ2v) is 15.5. The fourth-order valence-electron chi connectivity index (χ4n) is 8.14. The van der Waals surface area contributed by atoms with Gasteiger partial charge in [-0.05, 0) is 85.7 Å². The van der Waals surface area contributed by atoms with Gasteiger partial charge in [-0.3, -0.25) is 24.0 Å². The lowest BCUT2D eigenvalue weighted by Gasteiger charge is -2.50. The molecular weight excluding hydrogens is 682 g/mol. The molecule has 0 N–H and O–H groups in total. The highest BCUT2D eigenvalue weighted by molar-refractivity contribution is 6.32. The number of ether oxygens (including phenoxy) is 5. The van der Waals surface area contributed by atoms with Crippen LogP contribution < -0.4 is 10.2 Å². The summed E-state index contributed by atoms with van der Waals surface area (Å²) in [6.45, 7) is 13.0. The summed E-state index contributed by atoms with van der Waals surface area (Å²) in [5.74, 6) is -1.85. The van der Waals surface area contributed by atoms with Crippen molar-refractivity contribution >= 4 is 34.5 Å². The summed E-state index contributed by atoms with van der Waals surface area (Å²) in [5.41, 5.74) is -1.24.